The zero-order valence-electron chi connectivity index (χ0n) is 4.46. The molecule has 0 saturated heterocycles. The van der Waals surface area contributed by atoms with Gasteiger partial charge in [-0.2, -0.15) is 13.2 Å². The van der Waals surface area contributed by atoms with E-state index in [1.165, 1.54) is 0 Å². The summed E-state index contributed by atoms with van der Waals surface area (Å²) >= 11 is 0. The molecular formula is C2CuF6N2. The maximum atomic E-state index is 11.1. The van der Waals surface area contributed by atoms with E-state index in [4.69, 9.17) is 0 Å². The first kappa shape index (κ1) is 13.2. The summed E-state index contributed by atoms with van der Waals surface area (Å²) in [6.45, 7) is 0. The molecule has 0 aliphatic heterocycles. The molecule has 0 aliphatic carbocycles. The first-order valence-corrected chi connectivity index (χ1v) is 1.77. The molecule has 0 saturated carbocycles. The number of nitrogens with zero attached hydrogens (tertiary/aromatic N) is 2. The monoisotopic (exact) mass is 229 g/mol. The Morgan fingerprint density at radius 1 is 1.18 bits per heavy atom. The molecule has 0 N–H and O–H groups in total. The van der Waals surface area contributed by atoms with Gasteiger partial charge >= 0.3 is 12.0 Å². The van der Waals surface area contributed by atoms with Crippen LogP contribution in [0.15, 0.2) is 5.21 Å². The Morgan fingerprint density at radius 3 is 1.55 bits per heavy atom. The summed E-state index contributed by atoms with van der Waals surface area (Å²) in [7, 11) is 0. The van der Waals surface area contributed by atoms with Crippen molar-refractivity contribution < 1.29 is 43.7 Å². The Labute approximate surface area is 67.2 Å². The number of rotatable bonds is 0. The zero-order valence-corrected chi connectivity index (χ0v) is 5.41. The summed E-state index contributed by atoms with van der Waals surface area (Å²) in [4.78, 5) is 0. The van der Waals surface area contributed by atoms with Gasteiger partial charge in [0, 0.05) is 17.1 Å². The second-order valence-corrected chi connectivity index (χ2v) is 1.14. The normalized spacial score (nSPS) is 12.4. The van der Waals surface area contributed by atoms with E-state index in [1.54, 1.807) is 0 Å². The maximum Gasteiger partial charge on any atom is 0.457 e. The van der Waals surface area contributed by atoms with Gasteiger partial charge in [-0.05, 0) is 5.34 Å². The number of hydrogen-bond acceptors (Lipinski definition) is 1. The second-order valence-electron chi connectivity index (χ2n) is 1.14. The van der Waals surface area contributed by atoms with Crippen LogP contribution < -0.4 is 0 Å². The summed E-state index contributed by atoms with van der Waals surface area (Å²) < 4.78 is 65.9. The zero-order chi connectivity index (χ0) is 8.36. The third-order valence-electron chi connectivity index (χ3n) is 0.494. The standard InChI is InChI=1S/C2F6N2.Cu/c3-2(4,5)1(9-6)10(7)8;. The van der Waals surface area contributed by atoms with Crippen molar-refractivity contribution in [1.82, 2.24) is 5.34 Å². The molecule has 0 rings (SSSR count). The first-order chi connectivity index (χ1) is 4.39. The minimum absolute atomic E-state index is 0. The Bertz CT molecular complexity index is 140. The van der Waals surface area contributed by atoms with Gasteiger partial charge in [-0.1, -0.05) is 18.7 Å². The number of alkyl halides is 3. The van der Waals surface area contributed by atoms with Crippen LogP contribution >= 0.6 is 0 Å². The van der Waals surface area contributed by atoms with Gasteiger partial charge in [0.15, 0.2) is 0 Å². The van der Waals surface area contributed by atoms with Gasteiger partial charge in [-0.25, -0.2) is 0 Å². The summed E-state index contributed by atoms with van der Waals surface area (Å²) in [6.07, 6.45) is -5.46. The van der Waals surface area contributed by atoms with Gasteiger partial charge in [0.2, 0.25) is 0 Å². The van der Waals surface area contributed by atoms with Crippen molar-refractivity contribution in [3.05, 3.63) is 0 Å². The Kier molecular flexibility index (Phi) is 5.33. The fourth-order valence-corrected chi connectivity index (χ4v) is 0.172. The van der Waals surface area contributed by atoms with Crippen molar-refractivity contribution in [1.29, 1.82) is 0 Å². The van der Waals surface area contributed by atoms with Crippen LogP contribution in [0.5, 0.6) is 0 Å². The van der Waals surface area contributed by atoms with Crippen LogP contribution in [0, 0.1) is 0 Å². The largest absolute Gasteiger partial charge is 0.457 e. The average molecular weight is 230 g/mol. The SMILES string of the molecule is FN=C(N(F)F)C(F)(F)F.[Cu]. The average Bonchev–Trinajstić information content (AvgIpc) is 1.60. The van der Waals surface area contributed by atoms with Gasteiger partial charge in [0.1, 0.15) is 0 Å². The molecule has 0 bridgehead atoms. The smallest absolute Gasteiger partial charge is 0.163 e. The second kappa shape index (κ2) is 4.45. The fraction of sp³-hybridized carbons (Fsp3) is 0.500. The Hall–Kier alpha value is -0.431. The van der Waals surface area contributed by atoms with E-state index < -0.39 is 17.4 Å². The van der Waals surface area contributed by atoms with E-state index in [1.807, 2.05) is 0 Å². The molecule has 0 aromatic carbocycles. The van der Waals surface area contributed by atoms with Crippen LogP contribution in [0.1, 0.15) is 0 Å². The van der Waals surface area contributed by atoms with Gasteiger partial charge in [-0.3, -0.25) is 0 Å². The van der Waals surface area contributed by atoms with Crippen LogP contribution in [0.25, 0.3) is 0 Å². The van der Waals surface area contributed by atoms with Gasteiger partial charge in [-0.15, -0.1) is 0 Å². The number of halogens is 6. The molecule has 0 aromatic rings. The third kappa shape index (κ3) is 4.10. The summed E-state index contributed by atoms with van der Waals surface area (Å²) in [5.74, 6) is -2.87. The first-order valence-electron chi connectivity index (χ1n) is 1.77. The maximum absolute atomic E-state index is 11.1. The fourth-order valence-electron chi connectivity index (χ4n) is 0.172. The molecule has 0 amide bonds. The predicted molar refractivity (Wildman–Crippen MR) is 18.7 cm³/mol. The predicted octanol–water partition coefficient (Wildman–Crippen LogP) is 1.90. The summed E-state index contributed by atoms with van der Waals surface area (Å²) in [6, 6.07) is 0. The van der Waals surface area contributed by atoms with Crippen LogP contribution in [0.4, 0.5) is 26.6 Å². The van der Waals surface area contributed by atoms with E-state index in [0.717, 1.165) is 5.21 Å². The molecule has 9 heteroatoms. The Balaban J connectivity index is 0. The van der Waals surface area contributed by atoms with E-state index >= 15 is 0 Å². The van der Waals surface area contributed by atoms with Crippen molar-refractivity contribution in [3.8, 4) is 0 Å². The minimum atomic E-state index is -5.46. The van der Waals surface area contributed by atoms with Gasteiger partial charge in [0.05, 0.1) is 0 Å². The van der Waals surface area contributed by atoms with E-state index in [9.17, 15) is 26.6 Å². The number of amidine groups is 1. The Morgan fingerprint density at radius 2 is 1.55 bits per heavy atom. The van der Waals surface area contributed by atoms with Crippen LogP contribution in [-0.2, 0) is 17.1 Å². The minimum Gasteiger partial charge on any atom is -0.163 e. The quantitative estimate of drug-likeness (QED) is 0.204. The molecule has 0 atom stereocenters. The van der Waals surface area contributed by atoms with Gasteiger partial charge < -0.3 is 0 Å². The molecule has 0 unspecified atom stereocenters. The molecule has 11 heavy (non-hydrogen) atoms. The number of hydrogen-bond donors (Lipinski definition) is 0. The van der Waals surface area contributed by atoms with Crippen molar-refractivity contribution in [3.63, 3.8) is 0 Å². The molecule has 1 radical (unpaired) electrons. The van der Waals surface area contributed by atoms with Crippen molar-refractivity contribution in [2.24, 2.45) is 5.21 Å². The van der Waals surface area contributed by atoms with Crippen LogP contribution in [0.3, 0.4) is 0 Å². The van der Waals surface area contributed by atoms with Gasteiger partial charge in [0.25, 0.3) is 0 Å². The van der Waals surface area contributed by atoms with E-state index in [2.05, 4.69) is 0 Å². The third-order valence-corrected chi connectivity index (χ3v) is 0.494. The molecule has 2 nitrogen and oxygen atoms in total. The topological polar surface area (TPSA) is 15.6 Å². The van der Waals surface area contributed by atoms with E-state index in [-0.39, 0.29) is 17.1 Å². The van der Waals surface area contributed by atoms with E-state index in [0.29, 0.717) is 0 Å². The van der Waals surface area contributed by atoms with Crippen LogP contribution in [-0.4, -0.2) is 17.4 Å². The molecule has 0 aromatic heterocycles. The summed E-state index contributed by atoms with van der Waals surface area (Å²) in [5.41, 5.74) is 0. The molecule has 71 valence electrons. The van der Waals surface area contributed by atoms with Crippen LogP contribution in [0.2, 0.25) is 0 Å². The molecular weight excluding hydrogens is 230 g/mol. The van der Waals surface area contributed by atoms with Crippen molar-refractivity contribution in [2.45, 2.75) is 6.18 Å². The molecule has 0 aliphatic rings. The summed E-state index contributed by atoms with van der Waals surface area (Å²) in [5, 5.41) is -1.62. The molecule has 0 heterocycles. The van der Waals surface area contributed by atoms with Crippen molar-refractivity contribution >= 4 is 5.84 Å². The molecule has 0 spiro atoms. The molecule has 0 fully saturated rings. The van der Waals surface area contributed by atoms with Crippen molar-refractivity contribution in [2.75, 3.05) is 0 Å².